The fourth-order valence-corrected chi connectivity index (χ4v) is 2.72. The molecule has 2 aromatic rings. The summed E-state index contributed by atoms with van der Waals surface area (Å²) in [5, 5.41) is 9.48. The summed E-state index contributed by atoms with van der Waals surface area (Å²) in [6.07, 6.45) is 0. The van der Waals surface area contributed by atoms with E-state index in [1.165, 1.54) is 4.88 Å². The van der Waals surface area contributed by atoms with E-state index < -0.39 is 0 Å². The molecule has 110 valence electrons. The Morgan fingerprint density at radius 2 is 2.25 bits per heavy atom. The highest BCUT2D eigenvalue weighted by Gasteiger charge is 2.14. The third-order valence-corrected chi connectivity index (χ3v) is 4.05. The molecule has 0 aliphatic rings. The molecule has 1 N–H and O–H groups in total. The van der Waals surface area contributed by atoms with Crippen LogP contribution in [0, 0.1) is 0 Å². The molecule has 0 aliphatic heterocycles. The Balaban J connectivity index is 1.95. The number of nitrogens with zero attached hydrogens (tertiary/aromatic N) is 2. The Bertz CT molecular complexity index is 493. The Labute approximate surface area is 124 Å². The van der Waals surface area contributed by atoms with Gasteiger partial charge in [0.25, 0.3) is 0 Å². The van der Waals surface area contributed by atoms with Crippen molar-refractivity contribution in [1.82, 2.24) is 15.4 Å². The lowest BCUT2D eigenvalue weighted by Crippen LogP contribution is -2.29. The first kappa shape index (κ1) is 15.2. The molecule has 2 heterocycles. The highest BCUT2D eigenvalue weighted by Crippen LogP contribution is 2.17. The van der Waals surface area contributed by atoms with E-state index in [1.807, 2.05) is 6.07 Å². The Morgan fingerprint density at radius 3 is 2.90 bits per heavy atom. The number of hydrogen-bond donors (Lipinski definition) is 1. The first-order valence-electron chi connectivity index (χ1n) is 7.10. The van der Waals surface area contributed by atoms with Gasteiger partial charge in [0.15, 0.2) is 5.76 Å². The summed E-state index contributed by atoms with van der Waals surface area (Å²) in [6.45, 7) is 9.98. The van der Waals surface area contributed by atoms with Crippen LogP contribution < -0.4 is 5.32 Å². The number of rotatable bonds is 8. The second-order valence-electron chi connectivity index (χ2n) is 5.14. The maximum Gasteiger partial charge on any atom is 0.151 e. The van der Waals surface area contributed by atoms with E-state index in [1.54, 1.807) is 11.3 Å². The highest BCUT2D eigenvalue weighted by molar-refractivity contribution is 7.09. The van der Waals surface area contributed by atoms with Crippen molar-refractivity contribution in [1.29, 1.82) is 0 Å². The van der Waals surface area contributed by atoms with E-state index in [-0.39, 0.29) is 0 Å². The van der Waals surface area contributed by atoms with Gasteiger partial charge in [-0.05, 0) is 31.8 Å². The van der Waals surface area contributed by atoms with Crippen LogP contribution >= 0.6 is 11.3 Å². The van der Waals surface area contributed by atoms with Crippen molar-refractivity contribution in [3.8, 4) is 0 Å². The predicted octanol–water partition coefficient (Wildman–Crippen LogP) is 3.26. The highest BCUT2D eigenvalue weighted by atomic mass is 32.1. The second-order valence-corrected chi connectivity index (χ2v) is 6.18. The van der Waals surface area contributed by atoms with Crippen molar-refractivity contribution < 1.29 is 4.52 Å². The third-order valence-electron chi connectivity index (χ3n) is 3.19. The number of hydrogen-bond acceptors (Lipinski definition) is 5. The topological polar surface area (TPSA) is 41.3 Å². The summed E-state index contributed by atoms with van der Waals surface area (Å²) in [5.74, 6) is 0.933. The molecule has 0 aromatic carbocycles. The molecule has 5 heteroatoms. The molecule has 0 radical (unpaired) electrons. The lowest BCUT2D eigenvalue weighted by molar-refractivity contribution is 0.181. The van der Waals surface area contributed by atoms with Crippen LogP contribution in [0.15, 0.2) is 28.1 Å². The summed E-state index contributed by atoms with van der Waals surface area (Å²) in [6, 6.07) is 6.80. The maximum atomic E-state index is 5.43. The van der Waals surface area contributed by atoms with Crippen molar-refractivity contribution in [3.05, 3.63) is 39.9 Å². The molecule has 0 spiro atoms. The Kier molecular flexibility index (Phi) is 5.76. The Morgan fingerprint density at radius 1 is 1.40 bits per heavy atom. The maximum absolute atomic E-state index is 5.43. The number of thiophene rings is 1. The normalized spacial score (nSPS) is 11.7. The quantitative estimate of drug-likeness (QED) is 0.811. The molecular formula is C15H23N3OS. The van der Waals surface area contributed by atoms with Gasteiger partial charge in [0.1, 0.15) is 0 Å². The minimum Gasteiger partial charge on any atom is -0.360 e. The fraction of sp³-hybridized carbons (Fsp3) is 0.533. The third kappa shape index (κ3) is 4.44. The van der Waals surface area contributed by atoms with Gasteiger partial charge in [0, 0.05) is 30.1 Å². The molecule has 20 heavy (non-hydrogen) atoms. The van der Waals surface area contributed by atoms with Gasteiger partial charge >= 0.3 is 0 Å². The van der Waals surface area contributed by atoms with Crippen LogP contribution in [0.25, 0.3) is 0 Å². The summed E-state index contributed by atoms with van der Waals surface area (Å²) >= 11 is 1.80. The van der Waals surface area contributed by atoms with Gasteiger partial charge in [-0.1, -0.05) is 18.1 Å². The largest absolute Gasteiger partial charge is 0.360 e. The molecule has 0 saturated heterocycles. The first-order valence-corrected chi connectivity index (χ1v) is 7.98. The molecule has 0 aliphatic carbocycles. The zero-order valence-electron chi connectivity index (χ0n) is 12.4. The Hall–Kier alpha value is -1.17. The molecule has 0 atom stereocenters. The van der Waals surface area contributed by atoms with Crippen LogP contribution in [0.2, 0.25) is 0 Å². The summed E-state index contributed by atoms with van der Waals surface area (Å²) in [7, 11) is 0. The molecule has 0 fully saturated rings. The summed E-state index contributed by atoms with van der Waals surface area (Å²) < 4.78 is 5.43. The standard InChI is InChI=1S/C15H23N3OS/c1-4-16-9-13-8-14(19-17-13)10-18(12(2)3)11-15-6-5-7-20-15/h5-8,12,16H,4,9-11H2,1-3H3. The molecule has 0 bridgehead atoms. The monoisotopic (exact) mass is 293 g/mol. The van der Waals surface area contributed by atoms with E-state index in [0.717, 1.165) is 37.6 Å². The molecule has 0 amide bonds. The zero-order valence-corrected chi connectivity index (χ0v) is 13.2. The SMILES string of the molecule is CCNCc1cc(CN(Cc2cccs2)C(C)C)on1. The number of aromatic nitrogens is 1. The fourth-order valence-electron chi connectivity index (χ4n) is 1.99. The second kappa shape index (κ2) is 7.57. The van der Waals surface area contributed by atoms with Crippen molar-refractivity contribution in [2.45, 2.75) is 46.4 Å². The molecule has 4 nitrogen and oxygen atoms in total. The zero-order chi connectivity index (χ0) is 14.4. The van der Waals surface area contributed by atoms with Crippen molar-refractivity contribution in [2.75, 3.05) is 6.54 Å². The van der Waals surface area contributed by atoms with Crippen molar-refractivity contribution in [3.63, 3.8) is 0 Å². The first-order chi connectivity index (χ1) is 9.69. The van der Waals surface area contributed by atoms with Crippen LogP contribution in [0.4, 0.5) is 0 Å². The van der Waals surface area contributed by atoms with Gasteiger partial charge in [0.05, 0.1) is 12.2 Å². The van der Waals surface area contributed by atoms with E-state index in [9.17, 15) is 0 Å². The average molecular weight is 293 g/mol. The number of nitrogens with one attached hydrogen (secondary N) is 1. The van der Waals surface area contributed by atoms with Crippen LogP contribution in [0.5, 0.6) is 0 Å². The summed E-state index contributed by atoms with van der Waals surface area (Å²) in [4.78, 5) is 3.77. The smallest absolute Gasteiger partial charge is 0.151 e. The minimum atomic E-state index is 0.472. The van der Waals surface area contributed by atoms with E-state index in [2.05, 4.69) is 53.7 Å². The van der Waals surface area contributed by atoms with Gasteiger partial charge in [-0.15, -0.1) is 11.3 Å². The summed E-state index contributed by atoms with van der Waals surface area (Å²) in [5.41, 5.74) is 0.974. The van der Waals surface area contributed by atoms with Gasteiger partial charge in [-0.25, -0.2) is 0 Å². The van der Waals surface area contributed by atoms with Crippen LogP contribution in [-0.2, 0) is 19.6 Å². The van der Waals surface area contributed by atoms with Gasteiger partial charge in [-0.3, -0.25) is 4.90 Å². The molecule has 0 unspecified atom stereocenters. The van der Waals surface area contributed by atoms with Gasteiger partial charge in [0.2, 0.25) is 0 Å². The van der Waals surface area contributed by atoms with Crippen LogP contribution in [0.1, 0.15) is 37.1 Å². The molecular weight excluding hydrogens is 270 g/mol. The van der Waals surface area contributed by atoms with Gasteiger partial charge in [-0.2, -0.15) is 0 Å². The average Bonchev–Trinajstić information content (AvgIpc) is 3.07. The van der Waals surface area contributed by atoms with Crippen LogP contribution in [-0.4, -0.2) is 22.6 Å². The van der Waals surface area contributed by atoms with Gasteiger partial charge < -0.3 is 9.84 Å². The molecule has 0 saturated carbocycles. The minimum absolute atomic E-state index is 0.472. The molecule has 2 rings (SSSR count). The predicted molar refractivity (Wildman–Crippen MR) is 82.6 cm³/mol. The lowest BCUT2D eigenvalue weighted by atomic mass is 10.2. The van der Waals surface area contributed by atoms with Crippen molar-refractivity contribution >= 4 is 11.3 Å². The van der Waals surface area contributed by atoms with E-state index in [0.29, 0.717) is 6.04 Å². The van der Waals surface area contributed by atoms with E-state index in [4.69, 9.17) is 4.52 Å². The van der Waals surface area contributed by atoms with E-state index >= 15 is 0 Å². The lowest BCUT2D eigenvalue weighted by Gasteiger charge is -2.24. The molecule has 2 aromatic heterocycles. The van der Waals surface area contributed by atoms with Crippen molar-refractivity contribution in [2.24, 2.45) is 0 Å². The van der Waals surface area contributed by atoms with Crippen LogP contribution in [0.3, 0.4) is 0 Å².